The zero-order chi connectivity index (χ0) is 25.5. The average molecular weight is 472 g/mol. The quantitative estimate of drug-likeness (QED) is 0.367. The van der Waals surface area contributed by atoms with Gasteiger partial charge in [-0.1, -0.05) is 39.8 Å². The number of anilines is 1. The molecule has 0 unspecified atom stereocenters. The van der Waals surface area contributed by atoms with E-state index in [-0.39, 0.29) is 6.61 Å². The van der Waals surface area contributed by atoms with Crippen LogP contribution in [0.1, 0.15) is 39.0 Å². The van der Waals surface area contributed by atoms with Gasteiger partial charge in [-0.2, -0.15) is 5.10 Å². The van der Waals surface area contributed by atoms with E-state index in [1.54, 1.807) is 10.9 Å². The van der Waals surface area contributed by atoms with Crippen molar-refractivity contribution in [1.82, 2.24) is 29.3 Å². The standard InChI is InChI=1S/C23H21N7O.2C2H6/c1-14-18(12-29(2)28-14)19-9-10-20-23(26-19)30(16-7-5-15(13-31)6-8-16)22(27-20)17-4-3-11-25-21(17)24;2*1-2/h3-12,31H,13H2,1-2H3,(H2,24,25);2*1-2H3. The Kier molecular flexibility index (Phi) is 8.33. The van der Waals surface area contributed by atoms with Gasteiger partial charge in [0.25, 0.3) is 0 Å². The fourth-order valence-electron chi connectivity index (χ4n) is 3.74. The minimum Gasteiger partial charge on any atom is -0.392 e. The van der Waals surface area contributed by atoms with Gasteiger partial charge in [-0.05, 0) is 48.9 Å². The number of fused-ring (bicyclic) bond motifs is 1. The summed E-state index contributed by atoms with van der Waals surface area (Å²) < 4.78 is 3.75. The third-order valence-electron chi connectivity index (χ3n) is 5.25. The van der Waals surface area contributed by atoms with E-state index in [1.807, 2.05) is 101 Å². The molecule has 5 rings (SSSR count). The van der Waals surface area contributed by atoms with E-state index in [4.69, 9.17) is 15.7 Å². The van der Waals surface area contributed by atoms with Gasteiger partial charge in [-0.3, -0.25) is 9.25 Å². The van der Waals surface area contributed by atoms with Crippen LogP contribution in [-0.4, -0.2) is 34.4 Å². The van der Waals surface area contributed by atoms with Crippen LogP contribution in [0.4, 0.5) is 5.82 Å². The number of aryl methyl sites for hydroxylation is 2. The number of rotatable bonds is 4. The number of nitrogen functional groups attached to an aromatic ring is 1. The number of aromatic nitrogens is 6. The van der Waals surface area contributed by atoms with Gasteiger partial charge in [0.05, 0.1) is 23.6 Å². The summed E-state index contributed by atoms with van der Waals surface area (Å²) >= 11 is 0. The van der Waals surface area contributed by atoms with E-state index in [1.165, 1.54) is 0 Å². The molecule has 0 aliphatic heterocycles. The third-order valence-corrected chi connectivity index (χ3v) is 5.25. The average Bonchev–Trinajstić information content (AvgIpc) is 3.45. The number of imidazole rings is 1. The normalized spacial score (nSPS) is 10.4. The topological polar surface area (TPSA) is 108 Å². The number of nitrogens with two attached hydrogens (primary N) is 1. The predicted octanol–water partition coefficient (Wildman–Crippen LogP) is 5.32. The Hall–Kier alpha value is -4.04. The van der Waals surface area contributed by atoms with Crippen LogP contribution in [0.5, 0.6) is 0 Å². The number of hydrogen-bond donors (Lipinski definition) is 2. The molecular weight excluding hydrogens is 438 g/mol. The summed E-state index contributed by atoms with van der Waals surface area (Å²) in [5.41, 5.74) is 12.7. The number of aliphatic hydroxyl groups excluding tert-OH is 1. The van der Waals surface area contributed by atoms with Crippen LogP contribution >= 0.6 is 0 Å². The molecule has 0 fully saturated rings. The molecule has 5 aromatic rings. The molecule has 3 N–H and O–H groups in total. The molecular formula is C27H33N7O. The fourth-order valence-corrected chi connectivity index (χ4v) is 3.74. The molecule has 0 amide bonds. The molecule has 8 heteroatoms. The zero-order valence-electron chi connectivity index (χ0n) is 21.2. The SMILES string of the molecule is CC.CC.Cc1nn(C)cc1-c1ccc2nc(-c3cccnc3N)n(-c3ccc(CO)cc3)c2n1. The zero-order valence-corrected chi connectivity index (χ0v) is 21.2. The number of pyridine rings is 2. The lowest BCUT2D eigenvalue weighted by Crippen LogP contribution is -2.02. The molecule has 0 aliphatic carbocycles. The van der Waals surface area contributed by atoms with Gasteiger partial charge in [-0.25, -0.2) is 15.0 Å². The maximum Gasteiger partial charge on any atom is 0.165 e. The molecule has 8 nitrogen and oxygen atoms in total. The highest BCUT2D eigenvalue weighted by Crippen LogP contribution is 2.32. The summed E-state index contributed by atoms with van der Waals surface area (Å²) in [6, 6.07) is 15.3. The molecule has 4 heterocycles. The van der Waals surface area contributed by atoms with Crippen LogP contribution in [-0.2, 0) is 13.7 Å². The van der Waals surface area contributed by atoms with E-state index < -0.39 is 0 Å². The van der Waals surface area contributed by atoms with Crippen LogP contribution in [0.3, 0.4) is 0 Å². The summed E-state index contributed by atoms with van der Waals surface area (Å²) in [7, 11) is 1.89. The predicted molar refractivity (Wildman–Crippen MR) is 142 cm³/mol. The molecule has 4 aromatic heterocycles. The van der Waals surface area contributed by atoms with Crippen LogP contribution in [0, 0.1) is 6.92 Å². The Balaban J connectivity index is 0.000000815. The van der Waals surface area contributed by atoms with Crippen molar-refractivity contribution in [2.24, 2.45) is 7.05 Å². The minimum atomic E-state index is -0.0178. The Bertz CT molecular complexity index is 1400. The first-order valence-electron chi connectivity index (χ1n) is 11.9. The smallest absolute Gasteiger partial charge is 0.165 e. The lowest BCUT2D eigenvalue weighted by Gasteiger charge is -2.11. The third kappa shape index (κ3) is 5.07. The maximum absolute atomic E-state index is 9.43. The number of aliphatic hydroxyl groups is 1. The molecule has 0 saturated heterocycles. The van der Waals surface area contributed by atoms with Gasteiger partial charge in [0, 0.05) is 30.7 Å². The van der Waals surface area contributed by atoms with E-state index in [0.717, 1.165) is 39.3 Å². The summed E-state index contributed by atoms with van der Waals surface area (Å²) in [5, 5.41) is 13.9. The van der Waals surface area contributed by atoms with Gasteiger partial charge < -0.3 is 10.8 Å². The second-order valence-corrected chi connectivity index (χ2v) is 7.37. The van der Waals surface area contributed by atoms with Crippen molar-refractivity contribution >= 4 is 17.0 Å². The van der Waals surface area contributed by atoms with Crippen LogP contribution < -0.4 is 5.73 Å². The lowest BCUT2D eigenvalue weighted by molar-refractivity contribution is 0.282. The number of nitrogens with zero attached hydrogens (tertiary/aromatic N) is 6. The number of benzene rings is 1. The fraction of sp³-hybridized carbons (Fsp3) is 0.259. The minimum absolute atomic E-state index is 0.0178. The van der Waals surface area contributed by atoms with Crippen molar-refractivity contribution < 1.29 is 5.11 Å². The first-order chi connectivity index (χ1) is 17.0. The summed E-state index contributed by atoms with van der Waals surface area (Å²) in [5.74, 6) is 1.05. The largest absolute Gasteiger partial charge is 0.392 e. The first kappa shape index (κ1) is 25.6. The van der Waals surface area contributed by atoms with E-state index in [0.29, 0.717) is 17.3 Å². The molecule has 0 saturated carbocycles. The molecule has 1 aromatic carbocycles. The van der Waals surface area contributed by atoms with Crippen molar-refractivity contribution in [3.63, 3.8) is 0 Å². The lowest BCUT2D eigenvalue weighted by atomic mass is 10.1. The van der Waals surface area contributed by atoms with Crippen LogP contribution in [0.25, 0.3) is 39.5 Å². The molecule has 0 spiro atoms. The van der Waals surface area contributed by atoms with Crippen molar-refractivity contribution in [3.8, 4) is 28.3 Å². The maximum atomic E-state index is 9.43. The Morgan fingerprint density at radius 3 is 2.23 bits per heavy atom. The van der Waals surface area contributed by atoms with Crippen molar-refractivity contribution in [2.75, 3.05) is 5.73 Å². The highest BCUT2D eigenvalue weighted by atomic mass is 16.3. The van der Waals surface area contributed by atoms with Crippen molar-refractivity contribution in [2.45, 2.75) is 41.2 Å². The second-order valence-electron chi connectivity index (χ2n) is 7.37. The molecule has 0 aliphatic rings. The van der Waals surface area contributed by atoms with Gasteiger partial charge in [-0.15, -0.1) is 0 Å². The van der Waals surface area contributed by atoms with Gasteiger partial charge in [0.1, 0.15) is 11.3 Å². The molecule has 0 radical (unpaired) electrons. The van der Waals surface area contributed by atoms with Gasteiger partial charge in [0.2, 0.25) is 0 Å². The van der Waals surface area contributed by atoms with E-state index in [2.05, 4.69) is 10.1 Å². The highest BCUT2D eigenvalue weighted by Gasteiger charge is 2.19. The summed E-state index contributed by atoms with van der Waals surface area (Å²) in [6.07, 6.45) is 3.61. The molecule has 0 bridgehead atoms. The van der Waals surface area contributed by atoms with Gasteiger partial charge >= 0.3 is 0 Å². The first-order valence-corrected chi connectivity index (χ1v) is 11.9. The highest BCUT2D eigenvalue weighted by molar-refractivity contribution is 5.84. The Labute approximate surface area is 206 Å². The second kappa shape index (κ2) is 11.4. The summed E-state index contributed by atoms with van der Waals surface area (Å²) in [6.45, 7) is 9.95. The summed E-state index contributed by atoms with van der Waals surface area (Å²) in [4.78, 5) is 14.0. The van der Waals surface area contributed by atoms with Crippen molar-refractivity contribution in [3.05, 3.63) is 72.2 Å². The van der Waals surface area contributed by atoms with Crippen LogP contribution in [0.15, 0.2) is 60.9 Å². The van der Waals surface area contributed by atoms with E-state index in [9.17, 15) is 5.11 Å². The molecule has 182 valence electrons. The van der Waals surface area contributed by atoms with E-state index >= 15 is 0 Å². The molecule has 35 heavy (non-hydrogen) atoms. The monoisotopic (exact) mass is 471 g/mol. The Morgan fingerprint density at radius 1 is 0.914 bits per heavy atom. The van der Waals surface area contributed by atoms with Gasteiger partial charge in [0.15, 0.2) is 11.5 Å². The number of hydrogen-bond acceptors (Lipinski definition) is 6. The Morgan fingerprint density at radius 2 is 1.63 bits per heavy atom. The molecule has 0 atom stereocenters. The van der Waals surface area contributed by atoms with Crippen LogP contribution in [0.2, 0.25) is 0 Å². The van der Waals surface area contributed by atoms with Crippen molar-refractivity contribution in [1.29, 1.82) is 0 Å².